The van der Waals surface area contributed by atoms with Crippen molar-refractivity contribution in [2.75, 3.05) is 18.0 Å². The zero-order chi connectivity index (χ0) is 12.8. The fraction of sp³-hybridized carbons (Fsp3) is 0.571. The summed E-state index contributed by atoms with van der Waals surface area (Å²) in [6.07, 6.45) is 2.03. The molecule has 17 heavy (non-hydrogen) atoms. The zero-order valence-corrected chi connectivity index (χ0v) is 11.8. The Balaban J connectivity index is 3.09. The fourth-order valence-electron chi connectivity index (χ4n) is 2.07. The normalized spacial score (nSPS) is 10.9. The van der Waals surface area contributed by atoms with Gasteiger partial charge in [-0.25, -0.2) is 0 Å². The number of nitrogens with zero attached hydrogens (tertiary/aromatic N) is 1. The third-order valence-electron chi connectivity index (χ3n) is 2.86. The second-order valence-corrected chi connectivity index (χ2v) is 5.04. The minimum Gasteiger partial charge on any atom is -0.369 e. The Morgan fingerprint density at radius 1 is 1.35 bits per heavy atom. The Morgan fingerprint density at radius 2 is 2.06 bits per heavy atom. The van der Waals surface area contributed by atoms with E-state index in [0.29, 0.717) is 12.6 Å². The van der Waals surface area contributed by atoms with Crippen molar-refractivity contribution < 1.29 is 0 Å². The van der Waals surface area contributed by atoms with E-state index in [0.717, 1.165) is 24.4 Å². The van der Waals surface area contributed by atoms with E-state index in [1.165, 1.54) is 11.3 Å². The smallest absolute Gasteiger partial charge is 0.0426 e. The first-order valence-corrected chi connectivity index (χ1v) is 6.73. The molecule has 0 saturated heterocycles. The van der Waals surface area contributed by atoms with Crippen molar-refractivity contribution in [3.8, 4) is 0 Å². The molecular formula is C14H23ClN2. The van der Waals surface area contributed by atoms with Crippen LogP contribution in [0.15, 0.2) is 18.2 Å². The molecule has 1 aromatic carbocycles. The molecule has 0 fully saturated rings. The summed E-state index contributed by atoms with van der Waals surface area (Å²) < 4.78 is 0. The summed E-state index contributed by atoms with van der Waals surface area (Å²) >= 11 is 6.11. The third kappa shape index (κ3) is 3.90. The van der Waals surface area contributed by atoms with Gasteiger partial charge in [-0.3, -0.25) is 0 Å². The van der Waals surface area contributed by atoms with Gasteiger partial charge in [0.25, 0.3) is 0 Å². The van der Waals surface area contributed by atoms with Crippen LogP contribution < -0.4 is 10.6 Å². The maximum atomic E-state index is 6.11. The van der Waals surface area contributed by atoms with Crippen LogP contribution in [-0.2, 0) is 6.42 Å². The summed E-state index contributed by atoms with van der Waals surface area (Å²) in [7, 11) is 0. The number of anilines is 1. The molecule has 0 saturated carbocycles. The summed E-state index contributed by atoms with van der Waals surface area (Å²) in [5.74, 6) is 0. The average Bonchev–Trinajstić information content (AvgIpc) is 2.28. The van der Waals surface area contributed by atoms with E-state index in [-0.39, 0.29) is 0 Å². The molecule has 1 rings (SSSR count). The van der Waals surface area contributed by atoms with E-state index < -0.39 is 0 Å². The van der Waals surface area contributed by atoms with Gasteiger partial charge in [-0.1, -0.05) is 24.6 Å². The predicted octanol–water partition coefficient (Wildman–Crippen LogP) is 3.47. The van der Waals surface area contributed by atoms with Gasteiger partial charge in [0.05, 0.1) is 0 Å². The van der Waals surface area contributed by atoms with Crippen LogP contribution in [0.5, 0.6) is 0 Å². The highest BCUT2D eigenvalue weighted by Crippen LogP contribution is 2.27. The highest BCUT2D eigenvalue weighted by atomic mass is 35.5. The quantitative estimate of drug-likeness (QED) is 0.842. The molecule has 2 N–H and O–H groups in total. The summed E-state index contributed by atoms with van der Waals surface area (Å²) in [5, 5.41) is 0.794. The summed E-state index contributed by atoms with van der Waals surface area (Å²) in [5.41, 5.74) is 8.19. The topological polar surface area (TPSA) is 29.3 Å². The zero-order valence-electron chi connectivity index (χ0n) is 11.0. The lowest BCUT2D eigenvalue weighted by molar-refractivity contribution is 0.667. The molecule has 0 aliphatic rings. The van der Waals surface area contributed by atoms with Gasteiger partial charge in [-0.2, -0.15) is 0 Å². The molecule has 0 aliphatic carbocycles. The number of hydrogen-bond donors (Lipinski definition) is 1. The van der Waals surface area contributed by atoms with Crippen molar-refractivity contribution >= 4 is 17.3 Å². The maximum Gasteiger partial charge on any atom is 0.0426 e. The number of halogens is 1. The highest BCUT2D eigenvalue weighted by Gasteiger charge is 2.13. The van der Waals surface area contributed by atoms with Gasteiger partial charge in [0.1, 0.15) is 0 Å². The minimum absolute atomic E-state index is 0.477. The molecule has 96 valence electrons. The molecule has 3 heteroatoms. The van der Waals surface area contributed by atoms with Gasteiger partial charge in [0, 0.05) is 23.3 Å². The second-order valence-electron chi connectivity index (χ2n) is 4.60. The molecule has 0 atom stereocenters. The summed E-state index contributed by atoms with van der Waals surface area (Å²) in [4.78, 5) is 2.40. The molecule has 0 amide bonds. The Hall–Kier alpha value is -0.730. The first-order valence-electron chi connectivity index (χ1n) is 6.35. The van der Waals surface area contributed by atoms with Gasteiger partial charge < -0.3 is 10.6 Å². The van der Waals surface area contributed by atoms with E-state index in [4.69, 9.17) is 17.3 Å². The molecule has 0 spiro atoms. The van der Waals surface area contributed by atoms with Crippen LogP contribution in [0.2, 0.25) is 5.02 Å². The lowest BCUT2D eigenvalue weighted by Gasteiger charge is -2.31. The van der Waals surface area contributed by atoms with E-state index in [2.05, 4.69) is 37.8 Å². The molecule has 2 nitrogen and oxygen atoms in total. The molecule has 0 heterocycles. The first kappa shape index (κ1) is 14.3. The van der Waals surface area contributed by atoms with Crippen molar-refractivity contribution in [3.05, 3.63) is 28.8 Å². The number of benzene rings is 1. The number of nitrogens with two attached hydrogens (primary N) is 1. The van der Waals surface area contributed by atoms with Gasteiger partial charge in [0.15, 0.2) is 0 Å². The summed E-state index contributed by atoms with van der Waals surface area (Å²) in [6, 6.07) is 6.57. The van der Waals surface area contributed by atoms with Crippen LogP contribution >= 0.6 is 11.6 Å². The lowest BCUT2D eigenvalue weighted by atomic mass is 10.1. The maximum absolute atomic E-state index is 6.11. The summed E-state index contributed by atoms with van der Waals surface area (Å²) in [6.45, 7) is 8.34. The van der Waals surface area contributed by atoms with Gasteiger partial charge in [-0.05, 0) is 50.9 Å². The molecule has 0 unspecified atom stereocenters. The molecule has 1 aromatic rings. The van der Waals surface area contributed by atoms with Crippen LogP contribution in [-0.4, -0.2) is 19.1 Å². The molecular weight excluding hydrogens is 232 g/mol. The van der Waals surface area contributed by atoms with Gasteiger partial charge in [-0.15, -0.1) is 0 Å². The Labute approximate surface area is 110 Å². The van der Waals surface area contributed by atoms with Gasteiger partial charge in [0.2, 0.25) is 0 Å². The fourth-order valence-corrected chi connectivity index (χ4v) is 2.24. The molecule has 0 aliphatic heterocycles. The van der Waals surface area contributed by atoms with Crippen molar-refractivity contribution in [3.63, 3.8) is 0 Å². The van der Waals surface area contributed by atoms with Crippen molar-refractivity contribution in [2.45, 2.75) is 39.7 Å². The third-order valence-corrected chi connectivity index (χ3v) is 3.09. The van der Waals surface area contributed by atoms with E-state index in [1.54, 1.807) is 0 Å². The highest BCUT2D eigenvalue weighted by molar-refractivity contribution is 6.30. The van der Waals surface area contributed by atoms with Crippen molar-refractivity contribution in [1.82, 2.24) is 0 Å². The largest absolute Gasteiger partial charge is 0.369 e. The van der Waals surface area contributed by atoms with E-state index in [9.17, 15) is 0 Å². The molecule has 0 radical (unpaired) electrons. The van der Waals surface area contributed by atoms with Crippen LogP contribution in [0.1, 0.15) is 32.8 Å². The number of rotatable bonds is 6. The predicted molar refractivity (Wildman–Crippen MR) is 77.0 cm³/mol. The van der Waals surface area contributed by atoms with Crippen LogP contribution in [0, 0.1) is 0 Å². The average molecular weight is 255 g/mol. The van der Waals surface area contributed by atoms with Crippen molar-refractivity contribution in [1.29, 1.82) is 0 Å². The van der Waals surface area contributed by atoms with E-state index >= 15 is 0 Å². The van der Waals surface area contributed by atoms with Crippen LogP contribution in [0.25, 0.3) is 0 Å². The Bertz CT molecular complexity index is 350. The van der Waals surface area contributed by atoms with E-state index in [1.807, 2.05) is 6.07 Å². The molecule has 0 bridgehead atoms. The molecule has 0 aromatic heterocycles. The van der Waals surface area contributed by atoms with Crippen molar-refractivity contribution in [2.24, 2.45) is 5.73 Å². The first-order chi connectivity index (χ1) is 8.10. The Morgan fingerprint density at radius 3 is 2.59 bits per heavy atom. The Kier molecular flexibility index (Phi) is 5.79. The van der Waals surface area contributed by atoms with Gasteiger partial charge >= 0.3 is 0 Å². The minimum atomic E-state index is 0.477. The monoisotopic (exact) mass is 254 g/mol. The lowest BCUT2D eigenvalue weighted by Crippen LogP contribution is -2.32. The number of hydrogen-bond acceptors (Lipinski definition) is 2. The van der Waals surface area contributed by atoms with Crippen LogP contribution in [0.4, 0.5) is 5.69 Å². The standard InChI is InChI=1S/C14H23ClN2/c1-4-9-17(11(2)3)14-10-13(15)6-5-12(14)7-8-16/h5-6,10-11H,4,7-9,16H2,1-3H3. The van der Waals surface area contributed by atoms with Crippen LogP contribution in [0.3, 0.4) is 0 Å². The SMILES string of the molecule is CCCN(c1cc(Cl)ccc1CCN)C(C)C. The second kappa shape index (κ2) is 6.87.